The van der Waals surface area contributed by atoms with Gasteiger partial charge in [-0.2, -0.15) is 12.6 Å². The number of hydrogen-bond acceptors (Lipinski definition) is 3. The van der Waals surface area contributed by atoms with Crippen molar-refractivity contribution in [3.63, 3.8) is 0 Å². The minimum absolute atomic E-state index is 0. The third kappa shape index (κ3) is 4.43. The molecule has 0 aliphatic heterocycles. The molecule has 0 saturated carbocycles. The number of nitrogens with two attached hydrogens (primary N) is 1. The van der Waals surface area contributed by atoms with Crippen molar-refractivity contribution in [2.75, 3.05) is 5.75 Å². The van der Waals surface area contributed by atoms with Crippen molar-refractivity contribution < 1.29 is 4.79 Å². The monoisotopic (exact) mass is 155 g/mol. The summed E-state index contributed by atoms with van der Waals surface area (Å²) in [5.41, 5.74) is 5.19. The van der Waals surface area contributed by atoms with Crippen LogP contribution in [0.2, 0.25) is 0 Å². The van der Waals surface area contributed by atoms with E-state index in [1.165, 1.54) is 6.92 Å². The van der Waals surface area contributed by atoms with Crippen molar-refractivity contribution in [2.45, 2.75) is 13.0 Å². The molecule has 2 nitrogen and oxygen atoms in total. The molecule has 4 heteroatoms. The fourth-order valence-electron chi connectivity index (χ4n) is 0.129. The molecule has 0 aliphatic rings. The lowest BCUT2D eigenvalue weighted by Gasteiger charge is -1.98. The topological polar surface area (TPSA) is 43.1 Å². The summed E-state index contributed by atoms with van der Waals surface area (Å²) in [6.07, 6.45) is 0. The van der Waals surface area contributed by atoms with Crippen LogP contribution in [0.5, 0.6) is 0 Å². The Labute approximate surface area is 60.6 Å². The highest BCUT2D eigenvalue weighted by Gasteiger charge is 2.02. The van der Waals surface area contributed by atoms with E-state index in [1.54, 1.807) is 0 Å². The smallest absolute Gasteiger partial charge is 0.147 e. The average Bonchev–Trinajstić information content (AvgIpc) is 1.65. The second kappa shape index (κ2) is 5.41. The average molecular weight is 156 g/mol. The molecular weight excluding hydrogens is 146 g/mol. The van der Waals surface area contributed by atoms with Crippen molar-refractivity contribution >= 4 is 30.8 Å². The molecule has 0 aromatic heterocycles. The molecule has 1 atom stereocenters. The van der Waals surface area contributed by atoms with E-state index in [0.29, 0.717) is 5.75 Å². The Hall–Kier alpha value is 0.270. The maximum absolute atomic E-state index is 10.2. The second-order valence-electron chi connectivity index (χ2n) is 1.40. The van der Waals surface area contributed by atoms with Crippen LogP contribution in [-0.2, 0) is 4.79 Å². The van der Waals surface area contributed by atoms with E-state index < -0.39 is 0 Å². The third-order valence-electron chi connectivity index (χ3n) is 0.719. The first-order valence-corrected chi connectivity index (χ1v) is 2.68. The van der Waals surface area contributed by atoms with Crippen LogP contribution >= 0.6 is 25.0 Å². The zero-order chi connectivity index (χ0) is 5.86. The first kappa shape index (κ1) is 11.1. The normalized spacial score (nSPS) is 11.9. The van der Waals surface area contributed by atoms with E-state index in [0.717, 1.165) is 0 Å². The van der Waals surface area contributed by atoms with E-state index in [1.807, 2.05) is 0 Å². The molecule has 0 saturated heterocycles. The Bertz CT molecular complexity index is 78.4. The Balaban J connectivity index is 0. The van der Waals surface area contributed by atoms with Gasteiger partial charge in [0.2, 0.25) is 0 Å². The fraction of sp³-hybridized carbons (Fsp3) is 0.750. The SMILES string of the molecule is CC(=O)[C@H](N)CS.Cl. The van der Waals surface area contributed by atoms with Crippen molar-refractivity contribution in [1.29, 1.82) is 0 Å². The standard InChI is InChI=1S/C4H9NOS.ClH/c1-3(6)4(5)2-7;/h4,7H,2,5H2,1H3;1H/t4-;/m1./s1. The van der Waals surface area contributed by atoms with Gasteiger partial charge in [-0.1, -0.05) is 0 Å². The Morgan fingerprint density at radius 1 is 1.88 bits per heavy atom. The highest BCUT2D eigenvalue weighted by molar-refractivity contribution is 7.80. The molecule has 0 spiro atoms. The summed E-state index contributed by atoms with van der Waals surface area (Å²) in [5, 5.41) is 0. The van der Waals surface area contributed by atoms with E-state index in [2.05, 4.69) is 12.6 Å². The molecule has 2 N–H and O–H groups in total. The van der Waals surface area contributed by atoms with Crippen LogP contribution in [0.1, 0.15) is 6.92 Å². The number of ketones is 1. The lowest BCUT2D eigenvalue weighted by Crippen LogP contribution is -2.29. The molecule has 50 valence electrons. The van der Waals surface area contributed by atoms with Crippen molar-refractivity contribution in [1.82, 2.24) is 0 Å². The molecule has 0 aliphatic carbocycles. The van der Waals surface area contributed by atoms with E-state index in [9.17, 15) is 4.79 Å². The predicted molar refractivity (Wildman–Crippen MR) is 39.8 cm³/mol. The van der Waals surface area contributed by atoms with Crippen LogP contribution in [0.3, 0.4) is 0 Å². The molecular formula is C4H10ClNOS. The van der Waals surface area contributed by atoms with Crippen LogP contribution < -0.4 is 5.73 Å². The van der Waals surface area contributed by atoms with Crippen LogP contribution in [-0.4, -0.2) is 17.6 Å². The predicted octanol–water partition coefficient (Wildman–Crippen LogP) is 0.254. The maximum Gasteiger partial charge on any atom is 0.147 e. The number of Topliss-reactive ketones (excluding diaryl/α,β-unsaturated/α-hetero) is 1. The van der Waals surface area contributed by atoms with Gasteiger partial charge in [0.25, 0.3) is 0 Å². The molecule has 0 radical (unpaired) electrons. The van der Waals surface area contributed by atoms with E-state index in [4.69, 9.17) is 5.73 Å². The van der Waals surface area contributed by atoms with Gasteiger partial charge in [-0.15, -0.1) is 12.4 Å². The highest BCUT2D eigenvalue weighted by atomic mass is 35.5. The number of carbonyl (C=O) groups is 1. The minimum atomic E-state index is -0.372. The van der Waals surface area contributed by atoms with Gasteiger partial charge in [0.05, 0.1) is 6.04 Å². The number of halogens is 1. The van der Waals surface area contributed by atoms with Crippen molar-refractivity contribution in [2.24, 2.45) is 5.73 Å². The summed E-state index contributed by atoms with van der Waals surface area (Å²) in [6, 6.07) is -0.372. The van der Waals surface area contributed by atoms with Gasteiger partial charge in [-0.3, -0.25) is 4.79 Å². The van der Waals surface area contributed by atoms with Crippen molar-refractivity contribution in [3.8, 4) is 0 Å². The van der Waals surface area contributed by atoms with Crippen LogP contribution in [0.25, 0.3) is 0 Å². The minimum Gasteiger partial charge on any atom is -0.321 e. The Kier molecular flexibility index (Phi) is 7.52. The number of carbonyl (C=O) groups excluding carboxylic acids is 1. The summed E-state index contributed by atoms with van der Waals surface area (Å²) in [7, 11) is 0. The first-order valence-electron chi connectivity index (χ1n) is 2.05. The molecule has 0 fully saturated rings. The largest absolute Gasteiger partial charge is 0.321 e. The molecule has 0 rings (SSSR count). The van der Waals surface area contributed by atoms with E-state index in [-0.39, 0.29) is 24.2 Å². The van der Waals surface area contributed by atoms with Gasteiger partial charge in [-0.25, -0.2) is 0 Å². The lowest BCUT2D eigenvalue weighted by atomic mass is 10.3. The molecule has 0 aromatic rings. The van der Waals surface area contributed by atoms with Crippen LogP contribution in [0.4, 0.5) is 0 Å². The lowest BCUT2D eigenvalue weighted by molar-refractivity contribution is -0.117. The van der Waals surface area contributed by atoms with Gasteiger partial charge >= 0.3 is 0 Å². The molecule has 0 unspecified atom stereocenters. The number of hydrogen-bond donors (Lipinski definition) is 2. The summed E-state index contributed by atoms with van der Waals surface area (Å²) in [5.74, 6) is 0.435. The van der Waals surface area contributed by atoms with Gasteiger partial charge in [-0.05, 0) is 6.92 Å². The fourth-order valence-corrected chi connectivity index (χ4v) is 0.386. The third-order valence-corrected chi connectivity index (χ3v) is 1.11. The van der Waals surface area contributed by atoms with Gasteiger partial charge < -0.3 is 5.73 Å². The Morgan fingerprint density at radius 2 is 2.25 bits per heavy atom. The van der Waals surface area contributed by atoms with E-state index >= 15 is 0 Å². The Morgan fingerprint density at radius 3 is 2.25 bits per heavy atom. The summed E-state index contributed by atoms with van der Waals surface area (Å²) in [6.45, 7) is 1.46. The highest BCUT2D eigenvalue weighted by Crippen LogP contribution is 1.82. The second-order valence-corrected chi connectivity index (χ2v) is 1.76. The zero-order valence-electron chi connectivity index (χ0n) is 4.63. The molecule has 0 aromatic carbocycles. The van der Waals surface area contributed by atoms with Gasteiger partial charge in [0.1, 0.15) is 5.78 Å². The first-order chi connectivity index (χ1) is 3.18. The number of thiol groups is 1. The summed E-state index contributed by atoms with van der Waals surface area (Å²) < 4.78 is 0. The number of rotatable bonds is 2. The van der Waals surface area contributed by atoms with Gasteiger partial charge in [0, 0.05) is 5.75 Å². The van der Waals surface area contributed by atoms with Crippen molar-refractivity contribution in [3.05, 3.63) is 0 Å². The summed E-state index contributed by atoms with van der Waals surface area (Å²) in [4.78, 5) is 10.2. The molecule has 8 heavy (non-hydrogen) atoms. The van der Waals surface area contributed by atoms with Crippen LogP contribution in [0, 0.1) is 0 Å². The molecule has 0 bridgehead atoms. The summed E-state index contributed by atoms with van der Waals surface area (Å²) >= 11 is 3.81. The van der Waals surface area contributed by atoms with Crippen LogP contribution in [0.15, 0.2) is 0 Å². The van der Waals surface area contributed by atoms with Gasteiger partial charge in [0.15, 0.2) is 0 Å². The maximum atomic E-state index is 10.2. The molecule has 0 amide bonds. The molecule has 0 heterocycles. The quantitative estimate of drug-likeness (QED) is 0.562. The zero-order valence-corrected chi connectivity index (χ0v) is 6.34.